The summed E-state index contributed by atoms with van der Waals surface area (Å²) in [6.45, 7) is 2.25. The molecule has 0 saturated heterocycles. The van der Waals surface area contributed by atoms with E-state index in [0.717, 1.165) is 30.0 Å². The van der Waals surface area contributed by atoms with E-state index < -0.39 is 0 Å². The highest BCUT2D eigenvalue weighted by atomic mass is 79.9. The molecule has 0 amide bonds. The summed E-state index contributed by atoms with van der Waals surface area (Å²) in [5.74, 6) is 0.834. The van der Waals surface area contributed by atoms with Crippen molar-refractivity contribution in [2.45, 2.75) is 50.4 Å². The van der Waals surface area contributed by atoms with Crippen LogP contribution in [0, 0.1) is 16.0 Å². The van der Waals surface area contributed by atoms with Gasteiger partial charge in [-0.05, 0) is 43.2 Å². The van der Waals surface area contributed by atoms with Crippen LogP contribution in [0.1, 0.15) is 44.6 Å². The lowest BCUT2D eigenvalue weighted by atomic mass is 9.84. The Morgan fingerprint density at radius 1 is 1.33 bits per heavy atom. The lowest BCUT2D eigenvalue weighted by molar-refractivity contribution is -0.384. The first-order valence-electron chi connectivity index (χ1n) is 7.62. The van der Waals surface area contributed by atoms with E-state index in [4.69, 9.17) is 0 Å². The summed E-state index contributed by atoms with van der Waals surface area (Å²) in [4.78, 5) is 13.2. The summed E-state index contributed by atoms with van der Waals surface area (Å²) >= 11 is 3.36. The van der Waals surface area contributed by atoms with E-state index in [0.29, 0.717) is 11.4 Å². The van der Waals surface area contributed by atoms with Gasteiger partial charge in [0.1, 0.15) is 5.69 Å². The number of anilines is 1. The third-order valence-electron chi connectivity index (χ3n) is 4.71. The van der Waals surface area contributed by atoms with Crippen molar-refractivity contribution in [3.8, 4) is 0 Å². The molecular formula is C16H23BrN2O2. The average molecular weight is 355 g/mol. The minimum atomic E-state index is -0.268. The Labute approximate surface area is 134 Å². The lowest BCUT2D eigenvalue weighted by Crippen LogP contribution is -2.35. The van der Waals surface area contributed by atoms with Gasteiger partial charge in [0, 0.05) is 24.5 Å². The highest BCUT2D eigenvalue weighted by Gasteiger charge is 2.27. The fourth-order valence-electron chi connectivity index (χ4n) is 3.23. The molecule has 116 valence electrons. The molecule has 0 radical (unpaired) electrons. The summed E-state index contributed by atoms with van der Waals surface area (Å²) in [7, 11) is 1.99. The third kappa shape index (κ3) is 3.76. The number of nitrogens with zero attached hydrogens (tertiary/aromatic N) is 2. The molecule has 1 saturated carbocycles. The number of alkyl halides is 1. The van der Waals surface area contributed by atoms with Crippen LogP contribution in [0.25, 0.3) is 0 Å². The Balaban J connectivity index is 2.19. The SMILES string of the molecule is CCC1CCC(N(C)c2ccc(CBr)cc2[N+](=O)[O-])CC1. The molecule has 21 heavy (non-hydrogen) atoms. The first-order chi connectivity index (χ1) is 10.1. The van der Waals surface area contributed by atoms with Crippen molar-refractivity contribution in [3.05, 3.63) is 33.9 Å². The van der Waals surface area contributed by atoms with Crippen molar-refractivity contribution in [1.29, 1.82) is 0 Å². The Kier molecular flexibility index (Phi) is 5.62. The summed E-state index contributed by atoms with van der Waals surface area (Å²) in [5, 5.41) is 12.0. The van der Waals surface area contributed by atoms with Crippen LogP contribution in [0.5, 0.6) is 0 Å². The Morgan fingerprint density at radius 3 is 2.52 bits per heavy atom. The molecule has 1 aliphatic carbocycles. The topological polar surface area (TPSA) is 46.4 Å². The van der Waals surface area contributed by atoms with E-state index in [9.17, 15) is 10.1 Å². The highest BCUT2D eigenvalue weighted by Crippen LogP contribution is 2.35. The van der Waals surface area contributed by atoms with E-state index in [1.807, 2.05) is 19.2 Å². The van der Waals surface area contributed by atoms with Crippen LogP contribution in [0.3, 0.4) is 0 Å². The Morgan fingerprint density at radius 2 is 2.00 bits per heavy atom. The van der Waals surface area contributed by atoms with Crippen LogP contribution in [-0.2, 0) is 5.33 Å². The predicted octanol–water partition coefficient (Wildman–Crippen LogP) is 4.89. The second-order valence-corrected chi connectivity index (χ2v) is 6.47. The molecule has 1 aliphatic rings. The highest BCUT2D eigenvalue weighted by molar-refractivity contribution is 9.08. The maximum absolute atomic E-state index is 11.3. The van der Waals surface area contributed by atoms with Crippen LogP contribution in [0.4, 0.5) is 11.4 Å². The molecule has 0 bridgehead atoms. The molecule has 4 nitrogen and oxygen atoms in total. The minimum absolute atomic E-state index is 0.215. The van der Waals surface area contributed by atoms with Gasteiger partial charge in [0.2, 0.25) is 0 Å². The van der Waals surface area contributed by atoms with E-state index in [1.54, 1.807) is 6.07 Å². The number of nitro groups is 1. The zero-order valence-corrected chi connectivity index (χ0v) is 14.3. The first kappa shape index (κ1) is 16.3. The monoisotopic (exact) mass is 354 g/mol. The maximum atomic E-state index is 11.3. The fourth-order valence-corrected chi connectivity index (χ4v) is 3.58. The standard InChI is InChI=1S/C16H23BrN2O2/c1-3-12-4-7-14(8-5-12)18(2)15-9-6-13(11-17)10-16(15)19(20)21/h6,9-10,12,14H,3-5,7-8,11H2,1-2H3. The summed E-state index contributed by atoms with van der Waals surface area (Å²) in [5.41, 5.74) is 1.89. The van der Waals surface area contributed by atoms with Crippen molar-refractivity contribution >= 4 is 27.3 Å². The van der Waals surface area contributed by atoms with Crippen molar-refractivity contribution < 1.29 is 4.92 Å². The van der Waals surface area contributed by atoms with Gasteiger partial charge >= 0.3 is 0 Å². The van der Waals surface area contributed by atoms with E-state index in [2.05, 4.69) is 27.8 Å². The number of hydrogen-bond acceptors (Lipinski definition) is 3. The van der Waals surface area contributed by atoms with Gasteiger partial charge in [0.25, 0.3) is 5.69 Å². The number of benzene rings is 1. The molecule has 1 fully saturated rings. The molecule has 1 aromatic rings. The quantitative estimate of drug-likeness (QED) is 0.429. The Hall–Kier alpha value is -1.10. The van der Waals surface area contributed by atoms with Gasteiger partial charge in [-0.15, -0.1) is 0 Å². The lowest BCUT2D eigenvalue weighted by Gasteiger charge is -2.35. The van der Waals surface area contributed by atoms with Gasteiger partial charge in [-0.2, -0.15) is 0 Å². The smallest absolute Gasteiger partial charge is 0.292 e. The molecule has 0 spiro atoms. The van der Waals surface area contributed by atoms with Crippen molar-refractivity contribution in [2.24, 2.45) is 5.92 Å². The predicted molar refractivity (Wildman–Crippen MR) is 90.2 cm³/mol. The maximum Gasteiger partial charge on any atom is 0.292 e. The van der Waals surface area contributed by atoms with Crippen LogP contribution in [-0.4, -0.2) is 18.0 Å². The van der Waals surface area contributed by atoms with Crippen LogP contribution in [0.15, 0.2) is 18.2 Å². The minimum Gasteiger partial charge on any atom is -0.366 e. The largest absolute Gasteiger partial charge is 0.366 e. The molecule has 0 atom stereocenters. The molecule has 0 aliphatic heterocycles. The van der Waals surface area contributed by atoms with Crippen molar-refractivity contribution in [3.63, 3.8) is 0 Å². The molecule has 0 unspecified atom stereocenters. The first-order valence-corrected chi connectivity index (χ1v) is 8.75. The number of nitro benzene ring substituents is 1. The number of rotatable bonds is 5. The van der Waals surface area contributed by atoms with Gasteiger partial charge in [-0.25, -0.2) is 0 Å². The Bertz CT molecular complexity index is 499. The number of hydrogen-bond donors (Lipinski definition) is 0. The van der Waals surface area contributed by atoms with Crippen molar-refractivity contribution in [1.82, 2.24) is 0 Å². The summed E-state index contributed by atoms with van der Waals surface area (Å²) < 4.78 is 0. The summed E-state index contributed by atoms with van der Waals surface area (Å²) in [6, 6.07) is 5.95. The molecular weight excluding hydrogens is 332 g/mol. The zero-order chi connectivity index (χ0) is 15.4. The molecule has 1 aromatic carbocycles. The van der Waals surface area contributed by atoms with Gasteiger partial charge in [-0.1, -0.05) is 35.3 Å². The van der Waals surface area contributed by atoms with Gasteiger partial charge < -0.3 is 4.90 Å². The summed E-state index contributed by atoms with van der Waals surface area (Å²) in [6.07, 6.45) is 5.98. The zero-order valence-electron chi connectivity index (χ0n) is 12.7. The van der Waals surface area contributed by atoms with Crippen LogP contribution in [0.2, 0.25) is 0 Å². The normalized spacial score (nSPS) is 22.0. The van der Waals surface area contributed by atoms with Gasteiger partial charge in [0.05, 0.1) is 4.92 Å². The van der Waals surface area contributed by atoms with E-state index in [1.165, 1.54) is 19.3 Å². The second-order valence-electron chi connectivity index (χ2n) is 5.91. The van der Waals surface area contributed by atoms with Crippen LogP contribution >= 0.6 is 15.9 Å². The molecule has 0 N–H and O–H groups in total. The third-order valence-corrected chi connectivity index (χ3v) is 5.36. The van der Waals surface area contributed by atoms with Crippen LogP contribution < -0.4 is 4.90 Å². The van der Waals surface area contributed by atoms with E-state index in [-0.39, 0.29) is 10.6 Å². The molecule has 5 heteroatoms. The fraction of sp³-hybridized carbons (Fsp3) is 0.625. The average Bonchev–Trinajstić information content (AvgIpc) is 2.53. The van der Waals surface area contributed by atoms with E-state index >= 15 is 0 Å². The van der Waals surface area contributed by atoms with Gasteiger partial charge in [0.15, 0.2) is 0 Å². The number of halogens is 1. The van der Waals surface area contributed by atoms with Crippen molar-refractivity contribution in [2.75, 3.05) is 11.9 Å². The molecule has 0 heterocycles. The molecule has 0 aromatic heterocycles. The molecule has 2 rings (SSSR count). The second kappa shape index (κ2) is 7.25. The van der Waals surface area contributed by atoms with Gasteiger partial charge in [-0.3, -0.25) is 10.1 Å².